The summed E-state index contributed by atoms with van der Waals surface area (Å²) in [6.45, 7) is 7.38. The zero-order valence-corrected chi connectivity index (χ0v) is 14.4. The van der Waals surface area contributed by atoms with Crippen molar-refractivity contribution in [1.29, 1.82) is 0 Å². The van der Waals surface area contributed by atoms with Gasteiger partial charge in [-0.25, -0.2) is 4.98 Å². The zero-order chi connectivity index (χ0) is 14.9. The maximum Gasteiger partial charge on any atom is 0.112 e. The van der Waals surface area contributed by atoms with Crippen LogP contribution in [0.2, 0.25) is 0 Å². The Bertz CT molecular complexity index is 606. The monoisotopic (exact) mass is 335 g/mol. The largest absolute Gasteiger partial charge is 0.325 e. The predicted molar refractivity (Wildman–Crippen MR) is 88.2 cm³/mol. The summed E-state index contributed by atoms with van der Waals surface area (Å²) in [4.78, 5) is 4.84. The molecule has 0 saturated heterocycles. The van der Waals surface area contributed by atoms with Crippen LogP contribution in [0.25, 0.3) is 11.3 Å². The number of likely N-dealkylation sites (N-methyl/N-ethyl adjacent to an activating group) is 1. The second-order valence-corrected chi connectivity index (χ2v) is 6.10. The highest BCUT2D eigenvalue weighted by molar-refractivity contribution is 9.10. The number of nitrogens with zero attached hydrogens (tertiary/aromatic N) is 2. The molecule has 1 N–H and O–H groups in total. The smallest absolute Gasteiger partial charge is 0.112 e. The van der Waals surface area contributed by atoms with E-state index in [0.717, 1.165) is 29.1 Å². The molecule has 2 rings (SSSR count). The van der Waals surface area contributed by atoms with Crippen LogP contribution >= 0.6 is 15.9 Å². The van der Waals surface area contributed by atoms with E-state index in [-0.39, 0.29) is 0 Å². The maximum absolute atomic E-state index is 4.84. The van der Waals surface area contributed by atoms with Gasteiger partial charge in [-0.2, -0.15) is 0 Å². The molecule has 4 heteroatoms. The van der Waals surface area contributed by atoms with E-state index in [9.17, 15) is 0 Å². The number of nitrogens with one attached hydrogen (secondary N) is 1. The van der Waals surface area contributed by atoms with Crippen molar-refractivity contribution < 1.29 is 0 Å². The molecule has 108 valence electrons. The minimum atomic E-state index is 0.926. The molecule has 20 heavy (non-hydrogen) atoms. The molecule has 0 aliphatic rings. The van der Waals surface area contributed by atoms with Crippen LogP contribution in [0.4, 0.5) is 0 Å². The summed E-state index contributed by atoms with van der Waals surface area (Å²) in [7, 11) is 4.03. The van der Waals surface area contributed by atoms with Crippen molar-refractivity contribution in [2.75, 3.05) is 13.6 Å². The molecule has 3 nitrogen and oxygen atoms in total. The first-order valence-corrected chi connectivity index (χ1v) is 7.69. The first kappa shape index (κ1) is 15.3. The Labute approximate surface area is 129 Å². The van der Waals surface area contributed by atoms with Crippen molar-refractivity contribution in [2.45, 2.75) is 27.2 Å². The van der Waals surface area contributed by atoms with E-state index in [1.807, 2.05) is 7.05 Å². The molecular formula is C16H22BrN3. The normalized spacial score (nSPS) is 11.1. The van der Waals surface area contributed by atoms with Gasteiger partial charge in [-0.15, -0.1) is 0 Å². The summed E-state index contributed by atoms with van der Waals surface area (Å²) >= 11 is 3.70. The molecule has 1 aromatic carbocycles. The summed E-state index contributed by atoms with van der Waals surface area (Å²) in [5.74, 6) is 1.10. The molecule has 0 atom stereocenters. The van der Waals surface area contributed by atoms with E-state index >= 15 is 0 Å². The molecule has 1 heterocycles. The number of hydrogen-bond acceptors (Lipinski definition) is 2. The fourth-order valence-corrected chi connectivity index (χ4v) is 3.19. The Kier molecular flexibility index (Phi) is 4.66. The molecule has 0 spiro atoms. The standard InChI is InChI=1S/C16H22BrN3/c1-10-8-11(2)14(12(3)9-10)15-16(17)20(5)13(19-15)6-7-18-4/h8-9,18H,6-7H2,1-5H3. The van der Waals surface area contributed by atoms with Gasteiger partial charge >= 0.3 is 0 Å². The van der Waals surface area contributed by atoms with Gasteiger partial charge in [0.1, 0.15) is 16.1 Å². The van der Waals surface area contributed by atoms with Gasteiger partial charge in [0, 0.05) is 25.6 Å². The molecule has 0 amide bonds. The summed E-state index contributed by atoms with van der Waals surface area (Å²) in [5, 5.41) is 3.17. The van der Waals surface area contributed by atoms with Crippen LogP contribution in [0.1, 0.15) is 22.5 Å². The second kappa shape index (κ2) is 6.10. The Morgan fingerprint density at radius 2 is 1.80 bits per heavy atom. The van der Waals surface area contributed by atoms with Gasteiger partial charge in [0.2, 0.25) is 0 Å². The van der Waals surface area contributed by atoms with Crippen LogP contribution in [-0.4, -0.2) is 23.1 Å². The van der Waals surface area contributed by atoms with Gasteiger partial charge in [0.15, 0.2) is 0 Å². The molecule has 0 fully saturated rings. The van der Waals surface area contributed by atoms with Crippen molar-refractivity contribution in [3.63, 3.8) is 0 Å². The van der Waals surface area contributed by atoms with Gasteiger partial charge in [0.25, 0.3) is 0 Å². The topological polar surface area (TPSA) is 29.9 Å². The van der Waals surface area contributed by atoms with Crippen molar-refractivity contribution >= 4 is 15.9 Å². The minimum Gasteiger partial charge on any atom is -0.325 e. The molecule has 0 unspecified atom stereocenters. The molecule has 1 aromatic heterocycles. The predicted octanol–water partition coefficient (Wildman–Crippen LogP) is 3.54. The number of benzene rings is 1. The number of rotatable bonds is 4. The average molecular weight is 336 g/mol. The second-order valence-electron chi connectivity index (χ2n) is 5.35. The highest BCUT2D eigenvalue weighted by Gasteiger charge is 2.17. The summed E-state index contributed by atoms with van der Waals surface area (Å²) < 4.78 is 3.18. The fourth-order valence-electron chi connectivity index (χ4n) is 2.70. The van der Waals surface area contributed by atoms with Gasteiger partial charge in [-0.3, -0.25) is 0 Å². The van der Waals surface area contributed by atoms with Gasteiger partial charge in [-0.05, 0) is 54.9 Å². The van der Waals surface area contributed by atoms with E-state index < -0.39 is 0 Å². The maximum atomic E-state index is 4.84. The molecule has 0 saturated carbocycles. The van der Waals surface area contributed by atoms with Crippen LogP contribution in [0.5, 0.6) is 0 Å². The first-order valence-electron chi connectivity index (χ1n) is 6.89. The average Bonchev–Trinajstić information content (AvgIpc) is 2.64. The van der Waals surface area contributed by atoms with E-state index in [1.165, 1.54) is 22.3 Å². The van der Waals surface area contributed by atoms with Crippen LogP contribution < -0.4 is 5.32 Å². The lowest BCUT2D eigenvalue weighted by molar-refractivity contribution is 0.713. The van der Waals surface area contributed by atoms with Gasteiger partial charge in [-0.1, -0.05) is 17.7 Å². The van der Waals surface area contributed by atoms with E-state index in [4.69, 9.17) is 4.98 Å². The third-order valence-electron chi connectivity index (χ3n) is 3.63. The van der Waals surface area contributed by atoms with Crippen LogP contribution in [0.3, 0.4) is 0 Å². The number of halogens is 1. The third kappa shape index (κ3) is 2.81. The lowest BCUT2D eigenvalue weighted by Crippen LogP contribution is -2.13. The number of aromatic nitrogens is 2. The van der Waals surface area contributed by atoms with Crippen molar-refractivity contribution in [1.82, 2.24) is 14.9 Å². The number of aryl methyl sites for hydroxylation is 3. The number of imidazole rings is 1. The van der Waals surface area contributed by atoms with Crippen LogP contribution in [0, 0.1) is 20.8 Å². The number of hydrogen-bond donors (Lipinski definition) is 1. The minimum absolute atomic E-state index is 0.926. The Morgan fingerprint density at radius 1 is 1.20 bits per heavy atom. The Balaban J connectivity index is 2.54. The quantitative estimate of drug-likeness (QED) is 0.926. The Morgan fingerprint density at radius 3 is 2.35 bits per heavy atom. The van der Waals surface area contributed by atoms with Crippen molar-refractivity contribution in [3.05, 3.63) is 39.3 Å². The molecular weight excluding hydrogens is 314 g/mol. The third-order valence-corrected chi connectivity index (χ3v) is 4.54. The molecule has 2 aromatic rings. The van der Waals surface area contributed by atoms with Crippen molar-refractivity contribution in [2.24, 2.45) is 7.05 Å². The first-order chi connectivity index (χ1) is 9.45. The SMILES string of the molecule is CNCCc1nc(-c2c(C)cc(C)cc2C)c(Br)n1C. The van der Waals surface area contributed by atoms with Gasteiger partial charge in [0.05, 0.1) is 0 Å². The van der Waals surface area contributed by atoms with Crippen LogP contribution in [0.15, 0.2) is 16.7 Å². The van der Waals surface area contributed by atoms with E-state index in [2.05, 4.69) is 65.8 Å². The van der Waals surface area contributed by atoms with E-state index in [0.29, 0.717) is 0 Å². The molecule has 0 radical (unpaired) electrons. The zero-order valence-electron chi connectivity index (χ0n) is 12.8. The highest BCUT2D eigenvalue weighted by atomic mass is 79.9. The van der Waals surface area contributed by atoms with Gasteiger partial charge < -0.3 is 9.88 Å². The summed E-state index contributed by atoms with van der Waals surface area (Å²) in [5.41, 5.74) is 6.15. The summed E-state index contributed by atoms with van der Waals surface area (Å²) in [6, 6.07) is 4.44. The molecule has 0 aliphatic carbocycles. The lowest BCUT2D eigenvalue weighted by Gasteiger charge is -2.09. The molecule has 0 aliphatic heterocycles. The van der Waals surface area contributed by atoms with Crippen LogP contribution in [-0.2, 0) is 13.5 Å². The Hall–Kier alpha value is -1.13. The lowest BCUT2D eigenvalue weighted by atomic mass is 9.98. The van der Waals surface area contributed by atoms with E-state index in [1.54, 1.807) is 0 Å². The molecule has 0 bridgehead atoms. The highest BCUT2D eigenvalue weighted by Crippen LogP contribution is 2.33. The van der Waals surface area contributed by atoms with Crippen molar-refractivity contribution in [3.8, 4) is 11.3 Å². The fraction of sp³-hybridized carbons (Fsp3) is 0.438. The summed E-state index contributed by atoms with van der Waals surface area (Å²) in [6.07, 6.45) is 0.926.